The van der Waals surface area contributed by atoms with Crippen LogP contribution in [-0.4, -0.2) is 23.1 Å². The number of carbonyl (C=O) groups excluding carboxylic acids is 1. The highest BCUT2D eigenvalue weighted by atomic mass is 16.5. The lowest BCUT2D eigenvalue weighted by atomic mass is 10.0. The molecule has 0 saturated carbocycles. The molecule has 0 aliphatic carbocycles. The van der Waals surface area contributed by atoms with Crippen molar-refractivity contribution in [3.63, 3.8) is 0 Å². The number of aliphatic carboxylic acids is 1. The van der Waals surface area contributed by atoms with E-state index in [2.05, 4.69) is 6.92 Å². The van der Waals surface area contributed by atoms with Crippen molar-refractivity contribution >= 4 is 11.9 Å². The average molecular weight is 548 g/mol. The van der Waals surface area contributed by atoms with Crippen molar-refractivity contribution in [2.75, 3.05) is 0 Å². The van der Waals surface area contributed by atoms with Gasteiger partial charge in [-0.15, -0.1) is 0 Å². The Kier molecular flexibility index (Phi) is 19.0. The third-order valence-electron chi connectivity index (χ3n) is 7.18. The molecule has 0 aliphatic rings. The molecule has 0 fully saturated rings. The van der Waals surface area contributed by atoms with Crippen LogP contribution in [-0.2, 0) is 14.3 Å². The number of carbonyl (C=O) groups is 2. The number of unbranched alkanes of at least 4 members (excludes halogenated alkanes) is 18. The van der Waals surface area contributed by atoms with E-state index in [1.165, 1.54) is 38.5 Å². The summed E-state index contributed by atoms with van der Waals surface area (Å²) in [5.74, 6) is -0.858. The van der Waals surface area contributed by atoms with E-state index in [1.807, 2.05) is 0 Å². The molecular formula is C34H66O4. The quantitative estimate of drug-likeness (QED) is 0.0692. The maximum absolute atomic E-state index is 12.6. The Bertz CT molecular complexity index is 820. The molecule has 0 heterocycles. The Hall–Kier alpha value is -1.06. The van der Waals surface area contributed by atoms with E-state index < -0.39 is 31.9 Å². The van der Waals surface area contributed by atoms with Gasteiger partial charge < -0.3 is 9.84 Å². The predicted octanol–water partition coefficient (Wildman–Crippen LogP) is 11.3. The van der Waals surface area contributed by atoms with Crippen LogP contribution >= 0.6 is 0 Å². The molecule has 0 aromatic rings. The molecule has 1 atom stereocenters. The van der Waals surface area contributed by atoms with Crippen molar-refractivity contribution in [3.8, 4) is 0 Å². The lowest BCUT2D eigenvalue weighted by Gasteiger charge is -2.18. The van der Waals surface area contributed by atoms with Crippen molar-refractivity contribution in [1.29, 1.82) is 0 Å². The van der Waals surface area contributed by atoms with Crippen LogP contribution in [0.5, 0.6) is 0 Å². The van der Waals surface area contributed by atoms with Gasteiger partial charge in [-0.2, -0.15) is 0 Å². The first-order chi connectivity index (χ1) is 22.0. The van der Waals surface area contributed by atoms with E-state index in [-0.39, 0.29) is 24.9 Å². The summed E-state index contributed by atoms with van der Waals surface area (Å²) in [5.41, 5.74) is 0. The van der Waals surface area contributed by atoms with Gasteiger partial charge in [0, 0.05) is 25.2 Å². The number of carboxylic acids is 1. The molecule has 0 aromatic heterocycles. The fourth-order valence-electron chi connectivity index (χ4n) is 4.84. The normalized spacial score (nSPS) is 17.0. The summed E-state index contributed by atoms with van der Waals surface area (Å²) in [6.07, 6.45) is 14.0. The number of carboxylic acid groups (broad SMARTS) is 1. The first-order valence-corrected chi connectivity index (χ1v) is 15.9. The minimum absolute atomic E-state index is 0.0332. The molecule has 4 nitrogen and oxygen atoms in total. The molecule has 0 aliphatic heterocycles. The lowest BCUT2D eigenvalue weighted by molar-refractivity contribution is -0.150. The third kappa shape index (κ3) is 29.5. The van der Waals surface area contributed by atoms with Gasteiger partial charge in [-0.25, -0.2) is 0 Å². The van der Waals surface area contributed by atoms with E-state index in [4.69, 9.17) is 22.2 Å². The fourth-order valence-corrected chi connectivity index (χ4v) is 4.84. The summed E-state index contributed by atoms with van der Waals surface area (Å²) in [6, 6.07) is 0. The van der Waals surface area contributed by atoms with Gasteiger partial charge in [-0.1, -0.05) is 148 Å². The number of rotatable bonds is 31. The minimum atomic E-state index is -3.29. The summed E-state index contributed by atoms with van der Waals surface area (Å²) in [5, 5.41) is 8.77. The number of hydrogen-bond acceptors (Lipinski definition) is 3. The number of hydrogen-bond donors (Lipinski definition) is 1. The van der Waals surface area contributed by atoms with Crippen LogP contribution < -0.4 is 0 Å². The standard InChI is InChI=1S/C34H66O4/c1-3-5-7-9-11-12-13-14-15-16-18-23-27-31-34(37)38-32(28-24-20-17-10-8-6-4-2)29-25-21-19-22-26-30-33(35)36/h32H,3-31H2,1-2H3,(H,35,36)/i1D3,3D2,5D2,7D2. The smallest absolute Gasteiger partial charge is 0.306 e. The van der Waals surface area contributed by atoms with Crippen LogP contribution in [0.1, 0.15) is 212 Å². The zero-order valence-corrected chi connectivity index (χ0v) is 24.6. The largest absolute Gasteiger partial charge is 0.481 e. The Morgan fingerprint density at radius 3 is 1.58 bits per heavy atom. The monoisotopic (exact) mass is 548 g/mol. The molecule has 226 valence electrons. The van der Waals surface area contributed by atoms with E-state index in [1.54, 1.807) is 0 Å². The van der Waals surface area contributed by atoms with E-state index in [9.17, 15) is 9.59 Å². The van der Waals surface area contributed by atoms with E-state index in [0.717, 1.165) is 89.9 Å². The van der Waals surface area contributed by atoms with Crippen LogP contribution in [0, 0.1) is 0 Å². The van der Waals surface area contributed by atoms with Crippen LogP contribution in [0.15, 0.2) is 0 Å². The topological polar surface area (TPSA) is 63.6 Å². The summed E-state index contributed by atoms with van der Waals surface area (Å²) in [6.45, 7) is -1.04. The molecule has 0 bridgehead atoms. The molecule has 1 unspecified atom stereocenters. The fraction of sp³-hybridized carbons (Fsp3) is 0.941. The summed E-state index contributed by atoms with van der Waals surface area (Å²) >= 11 is 0. The van der Waals surface area contributed by atoms with Gasteiger partial charge >= 0.3 is 11.9 Å². The highest BCUT2D eigenvalue weighted by Gasteiger charge is 2.14. The second-order valence-electron chi connectivity index (χ2n) is 10.8. The highest BCUT2D eigenvalue weighted by Crippen LogP contribution is 2.19. The first kappa shape index (κ1) is 23.6. The van der Waals surface area contributed by atoms with Crippen LogP contribution in [0.4, 0.5) is 0 Å². The first-order valence-electron chi connectivity index (χ1n) is 20.4. The Labute approximate surface area is 250 Å². The maximum atomic E-state index is 12.6. The lowest BCUT2D eigenvalue weighted by Crippen LogP contribution is -2.18. The molecule has 4 heteroatoms. The van der Waals surface area contributed by atoms with Crippen molar-refractivity contribution in [1.82, 2.24) is 0 Å². The molecule has 0 spiro atoms. The SMILES string of the molecule is [2H]C([2H])([2H])C([2H])([2H])C([2H])([2H])C([2H])([2H])CCCCCCCCCCCC(=O)OC(CCCCCCCCC)CCCCCCCC(=O)O. The highest BCUT2D eigenvalue weighted by molar-refractivity contribution is 5.69. The van der Waals surface area contributed by atoms with Gasteiger partial charge in [0.05, 0.1) is 0 Å². The van der Waals surface area contributed by atoms with Crippen LogP contribution in [0.3, 0.4) is 0 Å². The Morgan fingerprint density at radius 1 is 0.632 bits per heavy atom. The zero-order chi connectivity index (χ0) is 35.8. The molecule has 0 aromatic carbocycles. The van der Waals surface area contributed by atoms with Crippen molar-refractivity contribution < 1.29 is 31.8 Å². The Morgan fingerprint density at radius 2 is 1.08 bits per heavy atom. The summed E-state index contributed by atoms with van der Waals surface area (Å²) in [7, 11) is 0. The summed E-state index contributed by atoms with van der Waals surface area (Å²) in [4.78, 5) is 23.3. The zero-order valence-electron chi connectivity index (χ0n) is 33.6. The molecular weight excluding hydrogens is 472 g/mol. The maximum Gasteiger partial charge on any atom is 0.306 e. The third-order valence-corrected chi connectivity index (χ3v) is 7.18. The van der Waals surface area contributed by atoms with Gasteiger partial charge in [0.15, 0.2) is 0 Å². The van der Waals surface area contributed by atoms with Crippen LogP contribution in [0.2, 0.25) is 0 Å². The van der Waals surface area contributed by atoms with Gasteiger partial charge in [0.1, 0.15) is 6.10 Å². The van der Waals surface area contributed by atoms with Crippen LogP contribution in [0.25, 0.3) is 0 Å². The van der Waals surface area contributed by atoms with Gasteiger partial charge in [-0.3, -0.25) is 9.59 Å². The predicted molar refractivity (Wildman–Crippen MR) is 163 cm³/mol. The van der Waals surface area contributed by atoms with E-state index in [0.29, 0.717) is 25.7 Å². The molecule has 0 radical (unpaired) electrons. The summed E-state index contributed by atoms with van der Waals surface area (Å²) < 4.78 is 75.0. The van der Waals surface area contributed by atoms with Crippen molar-refractivity contribution in [3.05, 3.63) is 0 Å². The van der Waals surface area contributed by atoms with E-state index >= 15 is 0 Å². The van der Waals surface area contributed by atoms with Gasteiger partial charge in [0.2, 0.25) is 0 Å². The van der Waals surface area contributed by atoms with Gasteiger partial charge in [-0.05, 0) is 38.5 Å². The molecule has 1 N–H and O–H groups in total. The second kappa shape index (κ2) is 30.5. The molecule has 0 rings (SSSR count). The molecule has 38 heavy (non-hydrogen) atoms. The second-order valence-corrected chi connectivity index (χ2v) is 10.8. The molecule has 0 saturated heterocycles. The molecule has 0 amide bonds. The van der Waals surface area contributed by atoms with Crippen molar-refractivity contribution in [2.24, 2.45) is 0 Å². The minimum Gasteiger partial charge on any atom is -0.481 e. The van der Waals surface area contributed by atoms with Crippen molar-refractivity contribution in [2.45, 2.75) is 206 Å². The average Bonchev–Trinajstić information content (AvgIpc) is 2.97. The number of ether oxygens (including phenoxy) is 1. The van der Waals surface area contributed by atoms with Gasteiger partial charge in [0.25, 0.3) is 0 Å². The Balaban J connectivity index is 4.21. The number of esters is 1.